The van der Waals surface area contributed by atoms with Gasteiger partial charge in [0.25, 0.3) is 5.56 Å². The minimum atomic E-state index is -0.144. The fourth-order valence-corrected chi connectivity index (χ4v) is 2.04. The smallest absolute Gasteiger partial charge is 0.279 e. The average molecular weight is 248 g/mol. The van der Waals surface area contributed by atoms with E-state index in [4.69, 9.17) is 0 Å². The second kappa shape index (κ2) is 5.33. The lowest BCUT2D eigenvalue weighted by Gasteiger charge is -2.03. The first kappa shape index (κ1) is 12.8. The Labute approximate surface area is 106 Å². The molecule has 5 nitrogen and oxygen atoms in total. The standard InChI is InChI=1S/C13H20N4O/c1-4-5-6-7-9-14-11-10(8(2)3)16-17-12(11)13(18)15-9/h8H,4-7H2,1-3H3,(H,16,17)(H,14,15,18). The van der Waals surface area contributed by atoms with E-state index in [1.165, 1.54) is 0 Å². The van der Waals surface area contributed by atoms with Crippen molar-refractivity contribution < 1.29 is 0 Å². The summed E-state index contributed by atoms with van der Waals surface area (Å²) in [5.74, 6) is 1.05. The summed E-state index contributed by atoms with van der Waals surface area (Å²) in [6, 6.07) is 0. The van der Waals surface area contributed by atoms with E-state index in [1.807, 2.05) is 0 Å². The number of aromatic nitrogens is 4. The average Bonchev–Trinajstić information content (AvgIpc) is 2.73. The maximum absolute atomic E-state index is 11.9. The Morgan fingerprint density at radius 2 is 2.00 bits per heavy atom. The van der Waals surface area contributed by atoms with Gasteiger partial charge in [-0.3, -0.25) is 9.89 Å². The number of rotatable bonds is 5. The molecule has 0 aromatic carbocycles. The van der Waals surface area contributed by atoms with E-state index >= 15 is 0 Å². The molecule has 0 amide bonds. The van der Waals surface area contributed by atoms with Crippen molar-refractivity contribution in [3.63, 3.8) is 0 Å². The second-order valence-electron chi connectivity index (χ2n) is 4.96. The number of fused-ring (bicyclic) bond motifs is 1. The molecule has 2 N–H and O–H groups in total. The maximum atomic E-state index is 11.9. The van der Waals surface area contributed by atoms with Gasteiger partial charge in [0.1, 0.15) is 11.3 Å². The van der Waals surface area contributed by atoms with Crippen molar-refractivity contribution in [1.29, 1.82) is 0 Å². The highest BCUT2D eigenvalue weighted by molar-refractivity contribution is 5.76. The minimum absolute atomic E-state index is 0.144. The molecule has 0 radical (unpaired) electrons. The van der Waals surface area contributed by atoms with E-state index in [0.717, 1.165) is 42.7 Å². The van der Waals surface area contributed by atoms with Crippen LogP contribution < -0.4 is 5.56 Å². The van der Waals surface area contributed by atoms with Gasteiger partial charge in [-0.1, -0.05) is 33.6 Å². The van der Waals surface area contributed by atoms with Crippen LogP contribution in [0.25, 0.3) is 11.0 Å². The topological polar surface area (TPSA) is 74.4 Å². The van der Waals surface area contributed by atoms with Crippen molar-refractivity contribution >= 4 is 11.0 Å². The van der Waals surface area contributed by atoms with Crippen LogP contribution in [0.15, 0.2) is 4.79 Å². The molecular weight excluding hydrogens is 228 g/mol. The zero-order valence-corrected chi connectivity index (χ0v) is 11.2. The van der Waals surface area contributed by atoms with Gasteiger partial charge in [-0.05, 0) is 12.3 Å². The summed E-state index contributed by atoms with van der Waals surface area (Å²) in [6.07, 6.45) is 4.20. The molecule has 0 unspecified atom stereocenters. The highest BCUT2D eigenvalue weighted by atomic mass is 16.1. The Morgan fingerprint density at radius 1 is 1.22 bits per heavy atom. The molecule has 0 spiro atoms. The molecule has 2 aromatic heterocycles. The van der Waals surface area contributed by atoms with E-state index < -0.39 is 0 Å². The van der Waals surface area contributed by atoms with Crippen LogP contribution in [0.4, 0.5) is 0 Å². The van der Waals surface area contributed by atoms with Gasteiger partial charge in [-0.15, -0.1) is 0 Å². The third kappa shape index (κ3) is 2.44. The number of aryl methyl sites for hydroxylation is 1. The molecule has 0 atom stereocenters. The summed E-state index contributed by atoms with van der Waals surface area (Å²) >= 11 is 0. The number of nitrogens with one attached hydrogen (secondary N) is 2. The minimum Gasteiger partial charge on any atom is -0.309 e. The van der Waals surface area contributed by atoms with Gasteiger partial charge in [-0.25, -0.2) is 4.98 Å². The molecular formula is C13H20N4O. The summed E-state index contributed by atoms with van der Waals surface area (Å²) in [5, 5.41) is 6.96. The van der Waals surface area contributed by atoms with Crippen LogP contribution in [0.2, 0.25) is 0 Å². The molecule has 0 saturated carbocycles. The summed E-state index contributed by atoms with van der Waals surface area (Å²) in [6.45, 7) is 6.28. The van der Waals surface area contributed by atoms with Gasteiger partial charge in [-0.2, -0.15) is 5.10 Å². The second-order valence-corrected chi connectivity index (χ2v) is 4.96. The first-order chi connectivity index (χ1) is 8.63. The van der Waals surface area contributed by atoms with Crippen LogP contribution in [0, 0.1) is 0 Å². The van der Waals surface area contributed by atoms with Crippen LogP contribution >= 0.6 is 0 Å². The summed E-state index contributed by atoms with van der Waals surface area (Å²) < 4.78 is 0. The molecule has 5 heteroatoms. The normalized spacial score (nSPS) is 11.6. The van der Waals surface area contributed by atoms with Gasteiger partial charge in [0.15, 0.2) is 5.52 Å². The van der Waals surface area contributed by atoms with Crippen molar-refractivity contribution in [2.75, 3.05) is 0 Å². The molecule has 0 aliphatic heterocycles. The molecule has 0 fully saturated rings. The highest BCUT2D eigenvalue weighted by Gasteiger charge is 2.14. The maximum Gasteiger partial charge on any atom is 0.279 e. The predicted octanol–water partition coefficient (Wildman–Crippen LogP) is 2.50. The Bertz CT molecular complexity index is 582. The number of H-pyrrole nitrogens is 2. The summed E-state index contributed by atoms with van der Waals surface area (Å²) in [7, 11) is 0. The molecule has 0 aliphatic rings. The Balaban J connectivity index is 2.39. The van der Waals surface area contributed by atoms with Crippen molar-refractivity contribution in [3.05, 3.63) is 21.9 Å². The van der Waals surface area contributed by atoms with Gasteiger partial charge in [0.05, 0.1) is 5.69 Å². The molecule has 2 aromatic rings. The summed E-state index contributed by atoms with van der Waals surface area (Å²) in [5.41, 5.74) is 1.93. The molecule has 98 valence electrons. The SMILES string of the molecule is CCCCCc1nc2c(C(C)C)[nH]nc2c(=O)[nH]1. The first-order valence-electron chi connectivity index (χ1n) is 6.60. The van der Waals surface area contributed by atoms with Crippen molar-refractivity contribution in [1.82, 2.24) is 20.2 Å². The lowest BCUT2D eigenvalue weighted by atomic mass is 10.1. The molecule has 0 saturated heterocycles. The van der Waals surface area contributed by atoms with E-state index in [1.54, 1.807) is 0 Å². The van der Waals surface area contributed by atoms with E-state index in [-0.39, 0.29) is 11.5 Å². The van der Waals surface area contributed by atoms with Crippen LogP contribution in [-0.4, -0.2) is 20.2 Å². The van der Waals surface area contributed by atoms with Crippen LogP contribution in [0.3, 0.4) is 0 Å². The van der Waals surface area contributed by atoms with Crippen LogP contribution in [-0.2, 0) is 6.42 Å². The Morgan fingerprint density at radius 3 is 2.67 bits per heavy atom. The number of aromatic amines is 2. The monoisotopic (exact) mass is 248 g/mol. The van der Waals surface area contributed by atoms with Crippen LogP contribution in [0.5, 0.6) is 0 Å². The lowest BCUT2D eigenvalue weighted by Crippen LogP contribution is -2.12. The third-order valence-corrected chi connectivity index (χ3v) is 3.08. The van der Waals surface area contributed by atoms with E-state index in [9.17, 15) is 4.79 Å². The number of hydrogen-bond donors (Lipinski definition) is 2. The van der Waals surface area contributed by atoms with Gasteiger partial charge in [0, 0.05) is 6.42 Å². The largest absolute Gasteiger partial charge is 0.309 e. The molecule has 2 rings (SSSR count). The Hall–Kier alpha value is -1.65. The lowest BCUT2D eigenvalue weighted by molar-refractivity contribution is 0.694. The third-order valence-electron chi connectivity index (χ3n) is 3.08. The van der Waals surface area contributed by atoms with Crippen LogP contribution in [0.1, 0.15) is 57.5 Å². The molecule has 2 heterocycles. The fraction of sp³-hybridized carbons (Fsp3) is 0.615. The van der Waals surface area contributed by atoms with Crippen molar-refractivity contribution in [3.8, 4) is 0 Å². The Kier molecular flexibility index (Phi) is 3.79. The van der Waals surface area contributed by atoms with E-state index in [2.05, 4.69) is 40.9 Å². The zero-order chi connectivity index (χ0) is 13.1. The van der Waals surface area contributed by atoms with Gasteiger partial charge < -0.3 is 4.98 Å². The fourth-order valence-electron chi connectivity index (χ4n) is 2.04. The molecule has 0 aliphatic carbocycles. The number of hydrogen-bond acceptors (Lipinski definition) is 3. The van der Waals surface area contributed by atoms with E-state index in [0.29, 0.717) is 5.52 Å². The number of nitrogens with zero attached hydrogens (tertiary/aromatic N) is 2. The zero-order valence-electron chi connectivity index (χ0n) is 11.2. The van der Waals surface area contributed by atoms with Gasteiger partial charge >= 0.3 is 0 Å². The van der Waals surface area contributed by atoms with Gasteiger partial charge in [0.2, 0.25) is 0 Å². The predicted molar refractivity (Wildman–Crippen MR) is 71.8 cm³/mol. The molecule has 18 heavy (non-hydrogen) atoms. The summed E-state index contributed by atoms with van der Waals surface area (Å²) in [4.78, 5) is 19.2. The quantitative estimate of drug-likeness (QED) is 0.798. The van der Waals surface area contributed by atoms with Crippen molar-refractivity contribution in [2.24, 2.45) is 0 Å². The molecule has 0 bridgehead atoms. The number of unbranched alkanes of at least 4 members (excludes halogenated alkanes) is 2. The highest BCUT2D eigenvalue weighted by Crippen LogP contribution is 2.18. The van der Waals surface area contributed by atoms with Crippen molar-refractivity contribution in [2.45, 2.75) is 52.4 Å². The first-order valence-corrected chi connectivity index (χ1v) is 6.60.